The Kier molecular flexibility index (Phi) is 1.05. The van der Waals surface area contributed by atoms with E-state index in [1.165, 1.54) is 18.7 Å². The van der Waals surface area contributed by atoms with Gasteiger partial charge in [0.05, 0.1) is 0 Å². The molecule has 0 spiro atoms. The van der Waals surface area contributed by atoms with Gasteiger partial charge in [-0.3, -0.25) is 0 Å². The molecule has 1 aliphatic rings. The molecule has 0 aromatic rings. The predicted molar refractivity (Wildman–Crippen MR) is 31.0 cm³/mol. The van der Waals surface area contributed by atoms with Crippen molar-refractivity contribution in [2.45, 2.75) is 13.3 Å². The number of rotatable bonds is 1. The van der Waals surface area contributed by atoms with Gasteiger partial charge in [-0.2, -0.15) is 0 Å². The van der Waals surface area contributed by atoms with Crippen molar-refractivity contribution in [1.82, 2.24) is 4.90 Å². The largest absolute Gasteiger partial charge is 0.375 e. The molecule has 1 fully saturated rings. The monoisotopic (exact) mass is 97.1 g/mol. The second kappa shape index (κ2) is 1.57. The molecule has 0 unspecified atom stereocenters. The van der Waals surface area contributed by atoms with E-state index in [9.17, 15) is 0 Å². The molecular weight excluding hydrogens is 86.1 g/mol. The lowest BCUT2D eigenvalue weighted by molar-refractivity contribution is 0.272. The molecule has 1 heteroatoms. The van der Waals surface area contributed by atoms with Gasteiger partial charge in [0.2, 0.25) is 0 Å². The van der Waals surface area contributed by atoms with E-state index in [4.69, 9.17) is 0 Å². The maximum absolute atomic E-state index is 3.84. The first kappa shape index (κ1) is 4.69. The molecule has 1 heterocycles. The average Bonchev–Trinajstić information content (AvgIpc) is 1.65. The number of nitrogens with zero attached hydrogens (tertiary/aromatic N) is 1. The van der Waals surface area contributed by atoms with Crippen molar-refractivity contribution in [3.8, 4) is 0 Å². The minimum absolute atomic E-state index is 1.14. The minimum Gasteiger partial charge on any atom is -0.375 e. The second-order valence-corrected chi connectivity index (χ2v) is 1.90. The summed E-state index contributed by atoms with van der Waals surface area (Å²) >= 11 is 0. The predicted octanol–water partition coefficient (Wildman–Crippen LogP) is 1.23. The maximum atomic E-state index is 3.84. The average molecular weight is 97.2 g/mol. The molecule has 1 saturated heterocycles. The zero-order chi connectivity index (χ0) is 5.28. The number of hydrogen-bond donors (Lipinski definition) is 0. The summed E-state index contributed by atoms with van der Waals surface area (Å²) in [4.78, 5) is 2.28. The summed E-state index contributed by atoms with van der Waals surface area (Å²) in [6, 6.07) is 0. The van der Waals surface area contributed by atoms with Crippen molar-refractivity contribution in [2.75, 3.05) is 13.1 Å². The Morgan fingerprint density at radius 1 is 1.86 bits per heavy atom. The molecule has 7 heavy (non-hydrogen) atoms. The highest BCUT2D eigenvalue weighted by Crippen LogP contribution is 2.17. The third kappa shape index (κ3) is 0.625. The first-order chi connectivity index (χ1) is 3.34. The van der Waals surface area contributed by atoms with Crippen molar-refractivity contribution in [3.63, 3.8) is 0 Å². The maximum Gasteiger partial charge on any atom is 0.0229 e. The van der Waals surface area contributed by atoms with Crippen molar-refractivity contribution in [1.29, 1.82) is 0 Å². The Bertz CT molecular complexity index is 84.2. The van der Waals surface area contributed by atoms with Gasteiger partial charge in [-0.25, -0.2) is 0 Å². The van der Waals surface area contributed by atoms with Crippen LogP contribution in [0.1, 0.15) is 13.3 Å². The van der Waals surface area contributed by atoms with Crippen molar-refractivity contribution < 1.29 is 0 Å². The fourth-order valence-corrected chi connectivity index (χ4v) is 0.810. The van der Waals surface area contributed by atoms with Crippen LogP contribution in [0.2, 0.25) is 0 Å². The fraction of sp³-hybridized carbons (Fsp3) is 0.667. The Morgan fingerprint density at radius 3 is 2.57 bits per heavy atom. The minimum atomic E-state index is 1.14. The number of hydrogen-bond acceptors (Lipinski definition) is 1. The Morgan fingerprint density at radius 2 is 2.57 bits per heavy atom. The third-order valence-electron chi connectivity index (χ3n) is 1.50. The summed E-state index contributed by atoms with van der Waals surface area (Å²) in [7, 11) is 0. The zero-order valence-corrected chi connectivity index (χ0v) is 4.78. The van der Waals surface area contributed by atoms with Crippen LogP contribution in [0.3, 0.4) is 0 Å². The molecule has 1 rings (SSSR count). The van der Waals surface area contributed by atoms with Crippen LogP contribution < -0.4 is 0 Å². The van der Waals surface area contributed by atoms with Crippen LogP contribution in [0.15, 0.2) is 12.3 Å². The van der Waals surface area contributed by atoms with E-state index >= 15 is 0 Å². The van der Waals surface area contributed by atoms with E-state index in [0.717, 1.165) is 6.54 Å². The second-order valence-electron chi connectivity index (χ2n) is 1.90. The van der Waals surface area contributed by atoms with Crippen LogP contribution in [-0.4, -0.2) is 18.0 Å². The molecule has 0 atom stereocenters. The van der Waals surface area contributed by atoms with Gasteiger partial charge in [0.25, 0.3) is 0 Å². The van der Waals surface area contributed by atoms with Crippen LogP contribution in [0.25, 0.3) is 0 Å². The summed E-state index contributed by atoms with van der Waals surface area (Å²) in [5.41, 5.74) is 1.31. The lowest BCUT2D eigenvalue weighted by atomic mass is 10.1. The highest BCUT2D eigenvalue weighted by Gasteiger charge is 2.13. The summed E-state index contributed by atoms with van der Waals surface area (Å²) in [6.07, 6.45) is 1.22. The summed E-state index contributed by atoms with van der Waals surface area (Å²) in [5, 5.41) is 0. The van der Waals surface area contributed by atoms with Gasteiger partial charge < -0.3 is 4.90 Å². The van der Waals surface area contributed by atoms with E-state index in [1.54, 1.807) is 0 Å². The Labute approximate surface area is 44.6 Å². The van der Waals surface area contributed by atoms with Crippen LogP contribution in [0.4, 0.5) is 0 Å². The molecule has 0 amide bonds. The van der Waals surface area contributed by atoms with E-state index in [0.29, 0.717) is 0 Å². The van der Waals surface area contributed by atoms with Crippen LogP contribution in [0, 0.1) is 0 Å². The topological polar surface area (TPSA) is 3.24 Å². The number of likely N-dealkylation sites (tertiary alicyclic amines) is 1. The van der Waals surface area contributed by atoms with Crippen LogP contribution in [-0.2, 0) is 0 Å². The SMILES string of the molecule is C=C1CCN1CC. The fourth-order valence-electron chi connectivity index (χ4n) is 0.810. The van der Waals surface area contributed by atoms with Gasteiger partial charge in [-0.05, 0) is 6.92 Å². The van der Waals surface area contributed by atoms with E-state index < -0.39 is 0 Å². The first-order valence-electron chi connectivity index (χ1n) is 2.77. The Balaban J connectivity index is 2.29. The lowest BCUT2D eigenvalue weighted by Gasteiger charge is -2.34. The van der Waals surface area contributed by atoms with Gasteiger partial charge in [0.15, 0.2) is 0 Å². The molecular formula is C6H11N. The smallest absolute Gasteiger partial charge is 0.0229 e. The third-order valence-corrected chi connectivity index (χ3v) is 1.50. The van der Waals surface area contributed by atoms with Crippen molar-refractivity contribution in [3.05, 3.63) is 12.3 Å². The van der Waals surface area contributed by atoms with E-state index in [2.05, 4.69) is 18.4 Å². The van der Waals surface area contributed by atoms with Gasteiger partial charge in [0.1, 0.15) is 0 Å². The normalized spacial score (nSPS) is 19.6. The van der Waals surface area contributed by atoms with Gasteiger partial charge in [0, 0.05) is 25.2 Å². The van der Waals surface area contributed by atoms with Crippen LogP contribution >= 0.6 is 0 Å². The summed E-state index contributed by atoms with van der Waals surface area (Å²) < 4.78 is 0. The highest BCUT2D eigenvalue weighted by atomic mass is 15.2. The van der Waals surface area contributed by atoms with E-state index in [-0.39, 0.29) is 0 Å². The molecule has 0 aromatic carbocycles. The molecule has 0 radical (unpaired) electrons. The van der Waals surface area contributed by atoms with Gasteiger partial charge >= 0.3 is 0 Å². The summed E-state index contributed by atoms with van der Waals surface area (Å²) in [5.74, 6) is 0. The lowest BCUT2D eigenvalue weighted by Crippen LogP contribution is -2.33. The van der Waals surface area contributed by atoms with Gasteiger partial charge in [-0.1, -0.05) is 6.58 Å². The van der Waals surface area contributed by atoms with Crippen molar-refractivity contribution >= 4 is 0 Å². The highest BCUT2D eigenvalue weighted by molar-refractivity contribution is 5.02. The standard InChI is InChI=1S/C6H11N/c1-3-7-5-4-6(7)2/h2-5H2,1H3. The molecule has 0 bridgehead atoms. The summed E-state index contributed by atoms with van der Waals surface area (Å²) in [6.45, 7) is 8.36. The molecule has 1 nitrogen and oxygen atoms in total. The van der Waals surface area contributed by atoms with Crippen molar-refractivity contribution in [2.24, 2.45) is 0 Å². The first-order valence-corrected chi connectivity index (χ1v) is 2.77. The molecule has 1 aliphatic heterocycles. The quantitative estimate of drug-likeness (QED) is 0.475. The molecule has 0 aliphatic carbocycles. The Hall–Kier alpha value is -0.460. The van der Waals surface area contributed by atoms with Crippen LogP contribution in [0.5, 0.6) is 0 Å². The molecule has 0 N–H and O–H groups in total. The molecule has 40 valence electrons. The molecule has 0 aromatic heterocycles. The van der Waals surface area contributed by atoms with E-state index in [1.807, 2.05) is 0 Å². The van der Waals surface area contributed by atoms with Gasteiger partial charge in [-0.15, -0.1) is 0 Å². The zero-order valence-electron chi connectivity index (χ0n) is 4.78. The molecule has 0 saturated carbocycles.